The van der Waals surface area contributed by atoms with Crippen LogP contribution in [0.2, 0.25) is 0 Å². The second kappa shape index (κ2) is 15.5. The topological polar surface area (TPSA) is 44.8 Å². The average Bonchev–Trinajstić information content (AvgIpc) is 2.80. The number of carbonyl (C=O) groups excluding carboxylic acids is 1. The first-order valence-electron chi connectivity index (χ1n) is 11.7. The maximum absolute atomic E-state index is 12.3. The third-order valence-corrected chi connectivity index (χ3v) is 5.14. The first kappa shape index (κ1) is 24.9. The molecule has 0 amide bonds. The van der Waals surface area contributed by atoms with Gasteiger partial charge in [0.1, 0.15) is 18.5 Å². The first-order valence-corrected chi connectivity index (χ1v) is 11.7. The van der Waals surface area contributed by atoms with Gasteiger partial charge in [-0.25, -0.2) is 4.79 Å². The predicted octanol–water partition coefficient (Wildman–Crippen LogP) is 6.97. The molecule has 31 heavy (non-hydrogen) atoms. The highest BCUT2D eigenvalue weighted by Crippen LogP contribution is 2.15. The van der Waals surface area contributed by atoms with Crippen LogP contribution in [-0.2, 0) is 16.1 Å². The van der Waals surface area contributed by atoms with Crippen LogP contribution in [0.25, 0.3) is 0 Å². The fourth-order valence-corrected chi connectivity index (χ4v) is 3.30. The van der Waals surface area contributed by atoms with Crippen LogP contribution >= 0.6 is 0 Å². The minimum Gasteiger partial charge on any atom is -0.489 e. The van der Waals surface area contributed by atoms with Gasteiger partial charge in [-0.05, 0) is 43.2 Å². The summed E-state index contributed by atoms with van der Waals surface area (Å²) in [6.07, 6.45) is 9.97. The van der Waals surface area contributed by atoms with Crippen LogP contribution in [0.15, 0.2) is 54.6 Å². The van der Waals surface area contributed by atoms with Crippen molar-refractivity contribution in [1.82, 2.24) is 0 Å². The highest BCUT2D eigenvalue weighted by molar-refractivity contribution is 5.89. The molecule has 0 heterocycles. The van der Waals surface area contributed by atoms with Gasteiger partial charge in [0.15, 0.2) is 0 Å². The zero-order valence-corrected chi connectivity index (χ0v) is 19.2. The molecule has 0 bridgehead atoms. The highest BCUT2D eigenvalue weighted by atomic mass is 16.6. The number of hydrogen-bond donors (Lipinski definition) is 0. The zero-order valence-electron chi connectivity index (χ0n) is 19.2. The van der Waals surface area contributed by atoms with E-state index in [0.29, 0.717) is 18.8 Å². The van der Waals surface area contributed by atoms with Crippen molar-refractivity contribution in [1.29, 1.82) is 0 Å². The fraction of sp³-hybridized carbons (Fsp3) is 0.519. The van der Waals surface area contributed by atoms with E-state index in [1.807, 2.05) is 37.3 Å². The summed E-state index contributed by atoms with van der Waals surface area (Å²) in [6.45, 7) is 5.76. The molecule has 0 saturated heterocycles. The van der Waals surface area contributed by atoms with E-state index in [1.54, 1.807) is 24.3 Å². The van der Waals surface area contributed by atoms with Gasteiger partial charge in [0, 0.05) is 6.61 Å². The Balaban J connectivity index is 1.56. The Morgan fingerprint density at radius 3 is 2.16 bits per heavy atom. The molecule has 1 atom stereocenters. The van der Waals surface area contributed by atoms with E-state index in [1.165, 1.54) is 44.9 Å². The van der Waals surface area contributed by atoms with Gasteiger partial charge in [0.05, 0.1) is 12.2 Å². The van der Waals surface area contributed by atoms with Crippen molar-refractivity contribution in [2.24, 2.45) is 0 Å². The van der Waals surface area contributed by atoms with Crippen LogP contribution < -0.4 is 4.74 Å². The molecule has 170 valence electrons. The minimum absolute atomic E-state index is 0.268. The summed E-state index contributed by atoms with van der Waals surface area (Å²) < 4.78 is 16.9. The number of ether oxygens (including phenoxy) is 3. The van der Waals surface area contributed by atoms with Gasteiger partial charge in [0.2, 0.25) is 0 Å². The van der Waals surface area contributed by atoms with E-state index in [0.717, 1.165) is 24.3 Å². The third kappa shape index (κ3) is 11.0. The van der Waals surface area contributed by atoms with Crippen molar-refractivity contribution in [3.05, 3.63) is 65.7 Å². The Morgan fingerprint density at radius 2 is 1.48 bits per heavy atom. The van der Waals surface area contributed by atoms with Crippen molar-refractivity contribution in [2.75, 3.05) is 13.2 Å². The molecule has 0 fully saturated rings. The van der Waals surface area contributed by atoms with Gasteiger partial charge < -0.3 is 14.2 Å². The van der Waals surface area contributed by atoms with Crippen molar-refractivity contribution in [2.45, 2.75) is 77.9 Å². The van der Waals surface area contributed by atoms with Crippen LogP contribution in [0.4, 0.5) is 0 Å². The van der Waals surface area contributed by atoms with Crippen LogP contribution in [-0.4, -0.2) is 25.3 Å². The fourth-order valence-electron chi connectivity index (χ4n) is 3.30. The zero-order chi connectivity index (χ0) is 22.2. The van der Waals surface area contributed by atoms with Crippen LogP contribution in [0.1, 0.15) is 81.1 Å². The smallest absolute Gasteiger partial charge is 0.338 e. The van der Waals surface area contributed by atoms with Crippen LogP contribution in [0.3, 0.4) is 0 Å². The Morgan fingerprint density at radius 1 is 0.839 bits per heavy atom. The number of rotatable bonds is 16. The van der Waals surface area contributed by atoms with E-state index in [9.17, 15) is 4.79 Å². The standard InChI is InChI=1S/C27H38O4/c1-3-4-5-6-7-8-9-13-20-29-21-23(2)31-27(28)25-16-18-26(19-17-25)30-22-24-14-11-10-12-15-24/h10-12,14-19,23H,3-9,13,20-22H2,1-2H3. The van der Waals surface area contributed by atoms with Gasteiger partial charge in [-0.1, -0.05) is 82.2 Å². The Labute approximate surface area is 187 Å². The van der Waals surface area contributed by atoms with Gasteiger partial charge in [-0.15, -0.1) is 0 Å². The lowest BCUT2D eigenvalue weighted by Gasteiger charge is -2.14. The van der Waals surface area contributed by atoms with Crippen molar-refractivity contribution in [3.63, 3.8) is 0 Å². The Bertz CT molecular complexity index is 712. The van der Waals surface area contributed by atoms with E-state index in [4.69, 9.17) is 14.2 Å². The predicted molar refractivity (Wildman–Crippen MR) is 126 cm³/mol. The SMILES string of the molecule is CCCCCCCCCCOCC(C)OC(=O)c1ccc(OCc2ccccc2)cc1. The summed E-state index contributed by atoms with van der Waals surface area (Å²) >= 11 is 0. The van der Waals surface area contributed by atoms with Gasteiger partial charge in [-0.3, -0.25) is 0 Å². The van der Waals surface area contributed by atoms with Crippen molar-refractivity contribution >= 4 is 5.97 Å². The molecule has 0 saturated carbocycles. The minimum atomic E-state index is -0.335. The summed E-state index contributed by atoms with van der Waals surface area (Å²) in [4.78, 5) is 12.3. The van der Waals surface area contributed by atoms with Gasteiger partial charge >= 0.3 is 5.97 Å². The maximum atomic E-state index is 12.3. The molecule has 0 aliphatic carbocycles. The first-order chi connectivity index (χ1) is 15.2. The third-order valence-electron chi connectivity index (χ3n) is 5.14. The molecule has 0 aliphatic heterocycles. The lowest BCUT2D eigenvalue weighted by molar-refractivity contribution is 0.00151. The monoisotopic (exact) mass is 426 g/mol. The average molecular weight is 427 g/mol. The van der Waals surface area contributed by atoms with E-state index < -0.39 is 0 Å². The molecule has 0 aromatic heterocycles. The normalized spacial score (nSPS) is 11.8. The summed E-state index contributed by atoms with van der Waals surface area (Å²) in [5.74, 6) is 0.389. The molecule has 0 aliphatic rings. The molecule has 1 unspecified atom stereocenters. The molecule has 4 nitrogen and oxygen atoms in total. The van der Waals surface area contributed by atoms with Crippen molar-refractivity contribution in [3.8, 4) is 5.75 Å². The van der Waals surface area contributed by atoms with Crippen LogP contribution in [0, 0.1) is 0 Å². The Kier molecular flexibility index (Phi) is 12.4. The summed E-state index contributed by atoms with van der Waals surface area (Å²) in [6, 6.07) is 17.0. The van der Waals surface area contributed by atoms with E-state index in [2.05, 4.69) is 6.92 Å². The van der Waals surface area contributed by atoms with Crippen molar-refractivity contribution < 1.29 is 19.0 Å². The summed E-state index contributed by atoms with van der Waals surface area (Å²) in [5.41, 5.74) is 1.62. The quantitative estimate of drug-likeness (QED) is 0.215. The van der Waals surface area contributed by atoms with E-state index in [-0.39, 0.29) is 12.1 Å². The summed E-state index contributed by atoms with van der Waals surface area (Å²) in [5, 5.41) is 0. The number of unbranched alkanes of at least 4 members (excludes halogenated alkanes) is 7. The largest absolute Gasteiger partial charge is 0.489 e. The van der Waals surface area contributed by atoms with E-state index >= 15 is 0 Å². The molecule has 0 spiro atoms. The molecular formula is C27H38O4. The van der Waals surface area contributed by atoms with Gasteiger partial charge in [-0.2, -0.15) is 0 Å². The van der Waals surface area contributed by atoms with Crippen LogP contribution in [0.5, 0.6) is 5.75 Å². The molecule has 0 radical (unpaired) electrons. The maximum Gasteiger partial charge on any atom is 0.338 e. The molecule has 2 rings (SSSR count). The molecule has 4 heteroatoms. The second-order valence-corrected chi connectivity index (χ2v) is 8.06. The van der Waals surface area contributed by atoms with Gasteiger partial charge in [0.25, 0.3) is 0 Å². The summed E-state index contributed by atoms with van der Waals surface area (Å²) in [7, 11) is 0. The number of carbonyl (C=O) groups is 1. The number of esters is 1. The molecule has 2 aromatic rings. The number of benzene rings is 2. The second-order valence-electron chi connectivity index (χ2n) is 8.06. The number of hydrogen-bond acceptors (Lipinski definition) is 4. The highest BCUT2D eigenvalue weighted by Gasteiger charge is 2.12. The lowest BCUT2D eigenvalue weighted by atomic mass is 10.1. The molecule has 2 aromatic carbocycles. The molecular weight excluding hydrogens is 388 g/mol. The Hall–Kier alpha value is -2.33. The molecule has 0 N–H and O–H groups in total. The lowest BCUT2D eigenvalue weighted by Crippen LogP contribution is -2.20.